The molecule has 1 unspecified atom stereocenters. The molecule has 94 valence electrons. The third kappa shape index (κ3) is 1.95. The lowest BCUT2D eigenvalue weighted by Gasteiger charge is -2.24. The van der Waals surface area contributed by atoms with E-state index in [1.54, 1.807) is 11.1 Å². The number of nitrogens with two attached hydrogens (primary N) is 1. The maximum Gasteiger partial charge on any atom is 0.346 e. The number of rotatable bonds is 2. The van der Waals surface area contributed by atoms with Crippen LogP contribution < -0.4 is 5.73 Å². The van der Waals surface area contributed by atoms with E-state index in [0.29, 0.717) is 5.84 Å². The Balaban J connectivity index is 2.03. The van der Waals surface area contributed by atoms with Crippen molar-refractivity contribution >= 4 is 43.7 Å². The van der Waals surface area contributed by atoms with E-state index in [2.05, 4.69) is 41.8 Å². The van der Waals surface area contributed by atoms with Crippen molar-refractivity contribution in [2.24, 2.45) is 10.7 Å². The summed E-state index contributed by atoms with van der Waals surface area (Å²) in [5.74, 6) is 0.322. The second-order valence-corrected chi connectivity index (χ2v) is 6.15. The largest absolute Gasteiger partial charge is 0.385 e. The van der Waals surface area contributed by atoms with Gasteiger partial charge in [0.05, 0.1) is 5.69 Å². The molecular weight excluding hydrogens is 364 g/mol. The van der Waals surface area contributed by atoms with Crippen molar-refractivity contribution in [1.82, 2.24) is 9.88 Å². The van der Waals surface area contributed by atoms with Gasteiger partial charge in [0, 0.05) is 21.2 Å². The monoisotopic (exact) mass is 372 g/mol. The van der Waals surface area contributed by atoms with Gasteiger partial charge in [-0.25, -0.2) is 4.79 Å². The third-order valence-electron chi connectivity index (χ3n) is 3.04. The first-order valence-corrected chi connectivity index (χ1v) is 7.14. The minimum Gasteiger partial charge on any atom is -0.385 e. The number of hydrogen-bond acceptors (Lipinski definition) is 3. The fraction of sp³-hybridized carbons (Fsp3) is 0.364. The SMILES string of the molecule is NC1=NC(=O)N(C2CC2)C1c1ncc(Br)cc1Br. The van der Waals surface area contributed by atoms with Crippen LogP contribution in [0, 0.1) is 0 Å². The second-order valence-electron chi connectivity index (χ2n) is 4.38. The van der Waals surface area contributed by atoms with Crippen molar-refractivity contribution in [3.63, 3.8) is 0 Å². The predicted molar refractivity (Wildman–Crippen MR) is 74.3 cm³/mol. The van der Waals surface area contributed by atoms with Gasteiger partial charge in [-0.05, 0) is 50.8 Å². The van der Waals surface area contributed by atoms with Gasteiger partial charge in [0.2, 0.25) is 0 Å². The highest BCUT2D eigenvalue weighted by atomic mass is 79.9. The minimum absolute atomic E-state index is 0.253. The number of hydrogen-bond donors (Lipinski definition) is 1. The molecule has 0 bridgehead atoms. The average Bonchev–Trinajstić information content (AvgIpc) is 3.06. The lowest BCUT2D eigenvalue weighted by molar-refractivity contribution is 0.202. The van der Waals surface area contributed by atoms with Gasteiger partial charge in [0.1, 0.15) is 11.9 Å². The molecule has 3 rings (SSSR count). The highest BCUT2D eigenvalue weighted by Gasteiger charge is 2.44. The number of pyridine rings is 1. The maximum absolute atomic E-state index is 11.8. The highest BCUT2D eigenvalue weighted by molar-refractivity contribution is 9.11. The van der Waals surface area contributed by atoms with Gasteiger partial charge in [-0.15, -0.1) is 0 Å². The molecule has 5 nitrogen and oxygen atoms in total. The van der Waals surface area contributed by atoms with Crippen LogP contribution >= 0.6 is 31.9 Å². The van der Waals surface area contributed by atoms with Crippen LogP contribution in [0.1, 0.15) is 24.6 Å². The second kappa shape index (κ2) is 4.31. The van der Waals surface area contributed by atoms with Gasteiger partial charge < -0.3 is 10.6 Å². The van der Waals surface area contributed by atoms with Crippen molar-refractivity contribution in [2.75, 3.05) is 0 Å². The topological polar surface area (TPSA) is 71.6 Å². The van der Waals surface area contributed by atoms with E-state index in [9.17, 15) is 4.79 Å². The number of nitrogens with zero attached hydrogens (tertiary/aromatic N) is 3. The Morgan fingerprint density at radius 3 is 2.72 bits per heavy atom. The number of amidine groups is 1. The van der Waals surface area contributed by atoms with Gasteiger partial charge in [0.15, 0.2) is 0 Å². The molecular formula is C11H10Br2N4O. The zero-order valence-corrected chi connectivity index (χ0v) is 12.5. The Kier molecular flexibility index (Phi) is 2.90. The first kappa shape index (κ1) is 12.1. The molecule has 1 aromatic rings. The molecule has 1 atom stereocenters. The van der Waals surface area contributed by atoms with E-state index in [-0.39, 0.29) is 18.1 Å². The van der Waals surface area contributed by atoms with Crippen molar-refractivity contribution in [2.45, 2.75) is 24.9 Å². The Hall–Kier alpha value is -0.950. The normalized spacial score (nSPS) is 23.4. The standard InChI is InChI=1S/C11H10Br2N4O/c12-5-3-7(13)8(15-4-5)9-10(14)16-11(18)17(9)6-1-2-6/h3-4,6,9H,1-2H2,(H2,14,16,18). The van der Waals surface area contributed by atoms with E-state index < -0.39 is 0 Å². The molecule has 2 aliphatic rings. The van der Waals surface area contributed by atoms with E-state index in [4.69, 9.17) is 5.73 Å². The van der Waals surface area contributed by atoms with Crippen molar-refractivity contribution in [3.05, 3.63) is 26.9 Å². The molecule has 0 spiro atoms. The number of amides is 2. The quantitative estimate of drug-likeness (QED) is 0.865. The van der Waals surface area contributed by atoms with Crippen LogP contribution in [0.4, 0.5) is 4.79 Å². The van der Waals surface area contributed by atoms with Crippen molar-refractivity contribution < 1.29 is 4.79 Å². The molecule has 0 aromatic carbocycles. The molecule has 1 aliphatic heterocycles. The zero-order chi connectivity index (χ0) is 12.9. The zero-order valence-electron chi connectivity index (χ0n) is 9.31. The Morgan fingerprint density at radius 2 is 2.11 bits per heavy atom. The van der Waals surface area contributed by atoms with Crippen LogP contribution in [-0.4, -0.2) is 27.8 Å². The van der Waals surface area contributed by atoms with Gasteiger partial charge >= 0.3 is 6.03 Å². The molecule has 0 saturated heterocycles. The van der Waals surface area contributed by atoms with Crippen LogP contribution in [0.2, 0.25) is 0 Å². The first-order chi connectivity index (χ1) is 8.58. The van der Waals surface area contributed by atoms with Crippen LogP contribution in [0.3, 0.4) is 0 Å². The van der Waals surface area contributed by atoms with Gasteiger partial charge in [-0.2, -0.15) is 4.99 Å². The van der Waals surface area contributed by atoms with Crippen LogP contribution in [-0.2, 0) is 0 Å². The van der Waals surface area contributed by atoms with Crippen molar-refractivity contribution in [1.29, 1.82) is 0 Å². The molecule has 1 saturated carbocycles. The summed E-state index contributed by atoms with van der Waals surface area (Å²) in [5.41, 5.74) is 6.61. The summed E-state index contributed by atoms with van der Waals surface area (Å²) in [5, 5.41) is 0. The van der Waals surface area contributed by atoms with E-state index in [1.807, 2.05) is 6.07 Å². The molecule has 0 radical (unpaired) electrons. The minimum atomic E-state index is -0.340. The van der Waals surface area contributed by atoms with E-state index >= 15 is 0 Å². The summed E-state index contributed by atoms with van der Waals surface area (Å²) in [6, 6.07) is 1.55. The number of carbonyl (C=O) groups excluding carboxylic acids is 1. The Labute approximate surface area is 121 Å². The van der Waals surface area contributed by atoms with Gasteiger partial charge in [-0.3, -0.25) is 4.98 Å². The highest BCUT2D eigenvalue weighted by Crippen LogP contribution is 2.39. The Bertz CT molecular complexity index is 556. The third-order valence-corrected chi connectivity index (χ3v) is 4.11. The number of halogens is 2. The average molecular weight is 374 g/mol. The van der Waals surface area contributed by atoms with Crippen LogP contribution in [0.5, 0.6) is 0 Å². The van der Waals surface area contributed by atoms with Gasteiger partial charge in [-0.1, -0.05) is 0 Å². The molecule has 1 fully saturated rings. The van der Waals surface area contributed by atoms with Crippen LogP contribution in [0.15, 0.2) is 26.2 Å². The van der Waals surface area contributed by atoms with Crippen molar-refractivity contribution in [3.8, 4) is 0 Å². The molecule has 2 N–H and O–H groups in total. The number of aromatic nitrogens is 1. The predicted octanol–water partition coefficient (Wildman–Crippen LogP) is 2.60. The number of urea groups is 1. The number of aliphatic imine (C=N–C) groups is 1. The summed E-state index contributed by atoms with van der Waals surface area (Å²) in [7, 11) is 0. The lowest BCUT2D eigenvalue weighted by atomic mass is 10.1. The van der Waals surface area contributed by atoms with E-state index in [0.717, 1.165) is 27.5 Å². The van der Waals surface area contributed by atoms with Gasteiger partial charge in [0.25, 0.3) is 0 Å². The fourth-order valence-electron chi connectivity index (χ4n) is 2.10. The first-order valence-electron chi connectivity index (χ1n) is 5.55. The molecule has 1 aliphatic carbocycles. The fourth-order valence-corrected chi connectivity index (χ4v) is 3.30. The van der Waals surface area contributed by atoms with Crippen LogP contribution in [0.25, 0.3) is 0 Å². The smallest absolute Gasteiger partial charge is 0.346 e. The van der Waals surface area contributed by atoms with E-state index in [1.165, 1.54) is 0 Å². The molecule has 2 amide bonds. The Morgan fingerprint density at radius 1 is 1.39 bits per heavy atom. The molecule has 18 heavy (non-hydrogen) atoms. The summed E-state index contributed by atoms with van der Waals surface area (Å²) in [4.78, 5) is 21.8. The summed E-state index contributed by atoms with van der Waals surface area (Å²) >= 11 is 6.81. The summed E-state index contributed by atoms with van der Waals surface area (Å²) in [6.45, 7) is 0. The number of carbonyl (C=O) groups is 1. The molecule has 1 aromatic heterocycles. The molecule has 2 heterocycles. The lowest BCUT2D eigenvalue weighted by Crippen LogP contribution is -2.35. The summed E-state index contributed by atoms with van der Waals surface area (Å²) < 4.78 is 1.69. The molecule has 7 heteroatoms. The summed E-state index contributed by atoms with van der Waals surface area (Å²) in [6.07, 6.45) is 3.72. The maximum atomic E-state index is 11.8.